The molecule has 1 aromatic rings. The third kappa shape index (κ3) is 2.28. The van der Waals surface area contributed by atoms with Gasteiger partial charge in [-0.15, -0.1) is 0 Å². The van der Waals surface area contributed by atoms with Gasteiger partial charge in [0.15, 0.2) is 0 Å². The molecule has 1 aromatic heterocycles. The van der Waals surface area contributed by atoms with E-state index in [2.05, 4.69) is 40.2 Å². The Morgan fingerprint density at radius 2 is 2.47 bits per heavy atom. The number of halogens is 1. The van der Waals surface area contributed by atoms with Gasteiger partial charge in [0.25, 0.3) is 0 Å². The number of thiol groups is 1. The van der Waals surface area contributed by atoms with Crippen molar-refractivity contribution in [1.29, 1.82) is 0 Å². The number of nitrogens with zero attached hydrogens (tertiary/aromatic N) is 2. The molecule has 0 saturated carbocycles. The molecule has 1 aliphatic rings. The Labute approximate surface area is 108 Å². The van der Waals surface area contributed by atoms with Crippen LogP contribution in [0.5, 0.6) is 0 Å². The molecule has 1 amide bonds. The highest BCUT2D eigenvalue weighted by atomic mass is 127. The van der Waals surface area contributed by atoms with Crippen molar-refractivity contribution in [2.75, 3.05) is 17.2 Å². The summed E-state index contributed by atoms with van der Waals surface area (Å²) in [4.78, 5) is 17.6. The fourth-order valence-electron chi connectivity index (χ4n) is 1.72. The lowest BCUT2D eigenvalue weighted by Gasteiger charge is -2.17. The average molecular weight is 334 g/mol. The third-order valence-electron chi connectivity index (χ3n) is 2.51. The van der Waals surface area contributed by atoms with Crippen LogP contribution in [0.25, 0.3) is 0 Å². The molecule has 0 aliphatic carbocycles. The number of carbonyl (C=O) groups is 1. The van der Waals surface area contributed by atoms with E-state index in [9.17, 15) is 4.79 Å². The summed E-state index contributed by atoms with van der Waals surface area (Å²) >= 11 is 6.45. The molecule has 0 N–H and O–H groups in total. The van der Waals surface area contributed by atoms with Gasteiger partial charge in [-0.25, -0.2) is 0 Å². The summed E-state index contributed by atoms with van der Waals surface area (Å²) in [6, 6.07) is 1.89. The summed E-state index contributed by atoms with van der Waals surface area (Å²) in [6.45, 7) is 0.780. The maximum Gasteiger partial charge on any atom is 0.227 e. The molecule has 2 rings (SSSR count). The number of hydrogen-bond donors (Lipinski definition) is 1. The summed E-state index contributed by atoms with van der Waals surface area (Å²) in [5, 5.41) is 0. The van der Waals surface area contributed by atoms with Gasteiger partial charge in [0.1, 0.15) is 0 Å². The van der Waals surface area contributed by atoms with Crippen LogP contribution in [0.3, 0.4) is 0 Å². The van der Waals surface area contributed by atoms with Gasteiger partial charge in [-0.3, -0.25) is 9.78 Å². The van der Waals surface area contributed by atoms with Crippen molar-refractivity contribution in [3.8, 4) is 0 Å². The SMILES string of the molecule is O=C1CC(CS)CN1c1ccncc1I. The molecule has 1 saturated heterocycles. The number of rotatable bonds is 2. The van der Waals surface area contributed by atoms with E-state index in [1.807, 2.05) is 11.0 Å². The lowest BCUT2D eigenvalue weighted by Crippen LogP contribution is -2.25. The lowest BCUT2D eigenvalue weighted by molar-refractivity contribution is -0.117. The minimum atomic E-state index is 0.193. The van der Waals surface area contributed by atoms with Crippen LogP contribution in [0.4, 0.5) is 5.69 Å². The number of pyridine rings is 1. The Hall–Kier alpha value is -0.300. The second-order valence-corrected chi connectivity index (χ2v) is 5.11. The van der Waals surface area contributed by atoms with Crippen molar-refractivity contribution < 1.29 is 4.79 Å². The molecule has 0 spiro atoms. The molecule has 0 aromatic carbocycles. The monoisotopic (exact) mass is 334 g/mol. The minimum absolute atomic E-state index is 0.193. The number of carbonyl (C=O) groups excluding carboxylic acids is 1. The van der Waals surface area contributed by atoms with E-state index in [0.29, 0.717) is 12.3 Å². The Balaban J connectivity index is 2.25. The predicted octanol–water partition coefficient (Wildman–Crippen LogP) is 1.97. The number of aromatic nitrogens is 1. The second-order valence-electron chi connectivity index (χ2n) is 3.58. The summed E-state index contributed by atoms with van der Waals surface area (Å²) in [5.74, 6) is 1.34. The first-order chi connectivity index (χ1) is 7.22. The van der Waals surface area contributed by atoms with E-state index in [-0.39, 0.29) is 5.91 Å². The lowest BCUT2D eigenvalue weighted by atomic mass is 10.1. The van der Waals surface area contributed by atoms with Crippen molar-refractivity contribution >= 4 is 46.8 Å². The molecule has 1 unspecified atom stereocenters. The van der Waals surface area contributed by atoms with E-state index in [1.54, 1.807) is 12.4 Å². The van der Waals surface area contributed by atoms with E-state index in [0.717, 1.165) is 21.6 Å². The van der Waals surface area contributed by atoms with Crippen LogP contribution in [0.1, 0.15) is 6.42 Å². The summed E-state index contributed by atoms with van der Waals surface area (Å²) in [5.41, 5.74) is 0.972. The molecule has 5 heteroatoms. The number of hydrogen-bond acceptors (Lipinski definition) is 3. The fraction of sp³-hybridized carbons (Fsp3) is 0.400. The zero-order valence-corrected chi connectivity index (χ0v) is 11.1. The topological polar surface area (TPSA) is 33.2 Å². The van der Waals surface area contributed by atoms with Crippen molar-refractivity contribution in [2.45, 2.75) is 6.42 Å². The molecule has 1 fully saturated rings. The highest BCUT2D eigenvalue weighted by molar-refractivity contribution is 14.1. The first-order valence-electron chi connectivity index (χ1n) is 4.73. The molecule has 0 bridgehead atoms. The molecular weight excluding hydrogens is 323 g/mol. The fourth-order valence-corrected chi connectivity index (χ4v) is 2.60. The quantitative estimate of drug-likeness (QED) is 0.663. The summed E-state index contributed by atoms with van der Waals surface area (Å²) < 4.78 is 1.02. The Kier molecular flexibility index (Phi) is 3.50. The molecule has 1 atom stereocenters. The van der Waals surface area contributed by atoms with Gasteiger partial charge in [-0.1, -0.05) is 0 Å². The normalized spacial score (nSPS) is 21.1. The van der Waals surface area contributed by atoms with Gasteiger partial charge in [0, 0.05) is 25.4 Å². The Morgan fingerprint density at radius 1 is 1.67 bits per heavy atom. The predicted molar refractivity (Wildman–Crippen MR) is 71.3 cm³/mol. The van der Waals surface area contributed by atoms with Crippen molar-refractivity contribution in [1.82, 2.24) is 4.98 Å². The maximum absolute atomic E-state index is 11.8. The highest BCUT2D eigenvalue weighted by Gasteiger charge is 2.30. The van der Waals surface area contributed by atoms with Gasteiger partial charge < -0.3 is 4.90 Å². The van der Waals surface area contributed by atoms with Gasteiger partial charge in [-0.05, 0) is 40.3 Å². The minimum Gasteiger partial charge on any atom is -0.311 e. The molecule has 2 heterocycles. The first-order valence-corrected chi connectivity index (χ1v) is 6.44. The van der Waals surface area contributed by atoms with Crippen LogP contribution in [-0.2, 0) is 4.79 Å². The second kappa shape index (κ2) is 4.69. The van der Waals surface area contributed by atoms with Crippen LogP contribution in [0.15, 0.2) is 18.5 Å². The molecule has 15 heavy (non-hydrogen) atoms. The molecule has 0 radical (unpaired) electrons. The molecule has 1 aliphatic heterocycles. The maximum atomic E-state index is 11.8. The van der Waals surface area contributed by atoms with Crippen molar-refractivity contribution in [3.05, 3.63) is 22.0 Å². The van der Waals surface area contributed by atoms with Gasteiger partial charge in [0.2, 0.25) is 5.91 Å². The highest BCUT2D eigenvalue weighted by Crippen LogP contribution is 2.28. The molecular formula is C10H11IN2OS. The summed E-state index contributed by atoms with van der Waals surface area (Å²) in [6.07, 6.45) is 4.11. The zero-order valence-electron chi connectivity index (χ0n) is 8.06. The van der Waals surface area contributed by atoms with E-state index in [4.69, 9.17) is 0 Å². The van der Waals surface area contributed by atoms with Crippen LogP contribution in [0, 0.1) is 9.49 Å². The van der Waals surface area contributed by atoms with Gasteiger partial charge >= 0.3 is 0 Å². The Bertz CT molecular complexity index is 385. The smallest absolute Gasteiger partial charge is 0.227 e. The molecule has 3 nitrogen and oxygen atoms in total. The third-order valence-corrected chi connectivity index (χ3v) is 3.85. The summed E-state index contributed by atoms with van der Waals surface area (Å²) in [7, 11) is 0. The van der Waals surface area contributed by atoms with Crippen molar-refractivity contribution in [2.24, 2.45) is 5.92 Å². The van der Waals surface area contributed by atoms with Gasteiger partial charge in [-0.2, -0.15) is 12.6 Å². The van der Waals surface area contributed by atoms with E-state index < -0.39 is 0 Å². The zero-order chi connectivity index (χ0) is 10.8. The van der Waals surface area contributed by atoms with E-state index in [1.165, 1.54) is 0 Å². The van der Waals surface area contributed by atoms with E-state index >= 15 is 0 Å². The van der Waals surface area contributed by atoms with Crippen LogP contribution in [0.2, 0.25) is 0 Å². The van der Waals surface area contributed by atoms with Crippen LogP contribution >= 0.6 is 35.2 Å². The molecule has 80 valence electrons. The largest absolute Gasteiger partial charge is 0.311 e. The Morgan fingerprint density at radius 3 is 3.07 bits per heavy atom. The first kappa shape index (κ1) is 11.2. The number of amides is 1. The average Bonchev–Trinajstić information content (AvgIpc) is 2.60. The standard InChI is InChI=1S/C10H11IN2OS/c11-8-4-12-2-1-9(8)13-5-7(6-15)3-10(13)14/h1-2,4,7,15H,3,5-6H2. The van der Waals surface area contributed by atoms with Gasteiger partial charge in [0.05, 0.1) is 9.26 Å². The number of anilines is 1. The van der Waals surface area contributed by atoms with Crippen LogP contribution < -0.4 is 4.90 Å². The van der Waals surface area contributed by atoms with Crippen LogP contribution in [-0.4, -0.2) is 23.2 Å². The van der Waals surface area contributed by atoms with Crippen molar-refractivity contribution in [3.63, 3.8) is 0 Å².